The Bertz CT molecular complexity index is 547. The Hall–Kier alpha value is -1.46. The van der Waals surface area contributed by atoms with Crippen LogP contribution in [-0.2, 0) is 4.74 Å². The van der Waals surface area contributed by atoms with Gasteiger partial charge in [0.15, 0.2) is 0 Å². The number of halogens is 1. The van der Waals surface area contributed by atoms with Gasteiger partial charge in [-0.05, 0) is 18.4 Å². The number of rotatable bonds is 3. The molecule has 4 nitrogen and oxygen atoms in total. The van der Waals surface area contributed by atoms with Gasteiger partial charge in [-0.3, -0.25) is 0 Å². The van der Waals surface area contributed by atoms with Gasteiger partial charge in [-0.15, -0.1) is 11.3 Å². The number of H-pyrrole nitrogens is 1. The first-order chi connectivity index (χ1) is 8.15. The van der Waals surface area contributed by atoms with Crippen LogP contribution in [-0.4, -0.2) is 17.6 Å². The van der Waals surface area contributed by atoms with E-state index in [1.807, 2.05) is 5.38 Å². The summed E-state index contributed by atoms with van der Waals surface area (Å²) in [5, 5.41) is 2.45. The number of aromatic amines is 1. The first kappa shape index (κ1) is 12.0. The number of nitrogens with one attached hydrogen (secondary N) is 1. The largest absolute Gasteiger partial charge is 0.462 e. The number of anilines is 1. The number of aromatic nitrogens is 1. The zero-order valence-electron chi connectivity index (χ0n) is 9.12. The van der Waals surface area contributed by atoms with Crippen LogP contribution in [0.15, 0.2) is 17.6 Å². The van der Waals surface area contributed by atoms with Crippen LogP contribution in [0.5, 0.6) is 0 Å². The molecule has 0 saturated heterocycles. The molecule has 17 heavy (non-hydrogen) atoms. The molecular formula is C11H11ClN2O2S. The highest BCUT2D eigenvalue weighted by Crippen LogP contribution is 2.37. The Balaban J connectivity index is 2.50. The molecule has 0 aliphatic carbocycles. The number of carbonyl (C=O) groups excluding carboxylic acids is 1. The van der Waals surface area contributed by atoms with Crippen molar-refractivity contribution in [3.63, 3.8) is 0 Å². The summed E-state index contributed by atoms with van der Waals surface area (Å²) >= 11 is 7.49. The highest BCUT2D eigenvalue weighted by atomic mass is 35.5. The number of ether oxygens (including phenoxy) is 1. The van der Waals surface area contributed by atoms with Crippen molar-refractivity contribution >= 4 is 34.7 Å². The molecule has 0 amide bonds. The quantitative estimate of drug-likeness (QED) is 0.842. The molecular weight excluding hydrogens is 260 g/mol. The predicted octanol–water partition coefficient (Wildman–Crippen LogP) is 3.16. The molecule has 90 valence electrons. The van der Waals surface area contributed by atoms with Crippen LogP contribution in [0.2, 0.25) is 5.02 Å². The van der Waals surface area contributed by atoms with Crippen LogP contribution in [0.25, 0.3) is 10.4 Å². The fraction of sp³-hybridized carbons (Fsp3) is 0.182. The lowest BCUT2D eigenvalue weighted by molar-refractivity contribution is 0.0529. The van der Waals surface area contributed by atoms with E-state index in [2.05, 4.69) is 4.98 Å². The monoisotopic (exact) mass is 270 g/mol. The van der Waals surface area contributed by atoms with Crippen LogP contribution >= 0.6 is 22.9 Å². The molecule has 0 atom stereocenters. The van der Waals surface area contributed by atoms with Crippen LogP contribution in [0.3, 0.4) is 0 Å². The fourth-order valence-corrected chi connectivity index (χ4v) is 2.71. The van der Waals surface area contributed by atoms with Gasteiger partial charge in [-0.2, -0.15) is 0 Å². The number of carbonyl (C=O) groups is 1. The summed E-state index contributed by atoms with van der Waals surface area (Å²) in [7, 11) is 0. The van der Waals surface area contributed by atoms with Crippen molar-refractivity contribution in [3.05, 3.63) is 28.2 Å². The molecule has 6 heteroatoms. The summed E-state index contributed by atoms with van der Waals surface area (Å²) in [6, 6.07) is 1.78. The van der Waals surface area contributed by atoms with E-state index >= 15 is 0 Å². The normalized spacial score (nSPS) is 10.5. The van der Waals surface area contributed by atoms with Crippen LogP contribution < -0.4 is 5.73 Å². The van der Waals surface area contributed by atoms with Gasteiger partial charge in [0.1, 0.15) is 11.4 Å². The number of nitrogen functional groups attached to an aromatic ring is 1. The first-order valence-electron chi connectivity index (χ1n) is 5.02. The minimum atomic E-state index is -0.439. The van der Waals surface area contributed by atoms with Gasteiger partial charge in [-0.25, -0.2) is 4.79 Å². The van der Waals surface area contributed by atoms with Gasteiger partial charge in [0.2, 0.25) is 0 Å². The van der Waals surface area contributed by atoms with Crippen LogP contribution in [0.4, 0.5) is 5.82 Å². The molecule has 0 aliphatic rings. The summed E-state index contributed by atoms with van der Waals surface area (Å²) in [6.07, 6.45) is 1.67. The topological polar surface area (TPSA) is 68.1 Å². The number of nitrogens with two attached hydrogens (primary N) is 1. The second kappa shape index (κ2) is 4.81. The minimum absolute atomic E-state index is 0.294. The lowest BCUT2D eigenvalue weighted by Crippen LogP contribution is -2.07. The molecule has 2 rings (SSSR count). The van der Waals surface area contributed by atoms with E-state index in [0.717, 1.165) is 4.88 Å². The molecule has 2 aromatic rings. The maximum Gasteiger partial charge on any atom is 0.342 e. The second-order valence-electron chi connectivity index (χ2n) is 3.31. The maximum absolute atomic E-state index is 11.8. The van der Waals surface area contributed by atoms with Gasteiger partial charge in [0.05, 0.1) is 16.5 Å². The Morgan fingerprint density at radius 3 is 3.00 bits per heavy atom. The summed E-state index contributed by atoms with van der Waals surface area (Å²) < 4.78 is 4.97. The minimum Gasteiger partial charge on any atom is -0.462 e. The first-order valence-corrected chi connectivity index (χ1v) is 6.28. The van der Waals surface area contributed by atoms with Crippen molar-refractivity contribution in [1.29, 1.82) is 0 Å². The molecule has 0 unspecified atom stereocenters. The smallest absolute Gasteiger partial charge is 0.342 e. The van der Waals surface area contributed by atoms with Crippen LogP contribution in [0, 0.1) is 0 Å². The van der Waals surface area contributed by atoms with E-state index in [1.54, 1.807) is 19.2 Å². The molecule has 0 bridgehead atoms. The standard InChI is InChI=1S/C11H11ClN2O2S/c1-2-16-11(15)8-6(5-14-10(8)13)9-7(12)3-4-17-9/h3-5,14H,2,13H2,1H3. The summed E-state index contributed by atoms with van der Waals surface area (Å²) in [4.78, 5) is 15.4. The van der Waals surface area contributed by atoms with Crippen molar-refractivity contribution in [2.45, 2.75) is 6.92 Å². The fourth-order valence-electron chi connectivity index (χ4n) is 1.53. The summed E-state index contributed by atoms with van der Waals surface area (Å²) in [6.45, 7) is 2.06. The number of hydrogen-bond acceptors (Lipinski definition) is 4. The third kappa shape index (κ3) is 2.16. The van der Waals surface area contributed by atoms with E-state index in [4.69, 9.17) is 22.1 Å². The van der Waals surface area contributed by atoms with E-state index in [-0.39, 0.29) is 0 Å². The van der Waals surface area contributed by atoms with Crippen molar-refractivity contribution < 1.29 is 9.53 Å². The predicted molar refractivity (Wildman–Crippen MR) is 69.5 cm³/mol. The molecule has 2 heterocycles. The van der Waals surface area contributed by atoms with Gasteiger partial charge in [0, 0.05) is 11.8 Å². The highest BCUT2D eigenvalue weighted by Gasteiger charge is 2.21. The van der Waals surface area contributed by atoms with Crippen molar-refractivity contribution in [3.8, 4) is 10.4 Å². The SMILES string of the molecule is CCOC(=O)c1c(-c2sccc2Cl)c[nH]c1N. The maximum atomic E-state index is 11.8. The Morgan fingerprint density at radius 1 is 1.65 bits per heavy atom. The molecule has 0 aliphatic heterocycles. The number of esters is 1. The molecule has 0 radical (unpaired) electrons. The van der Waals surface area contributed by atoms with Gasteiger partial charge in [-0.1, -0.05) is 11.6 Å². The van der Waals surface area contributed by atoms with E-state index in [0.29, 0.717) is 28.6 Å². The molecule has 0 saturated carbocycles. The average Bonchev–Trinajstić information content (AvgIpc) is 2.84. The molecule has 2 aromatic heterocycles. The Kier molecular flexibility index (Phi) is 3.40. The Morgan fingerprint density at radius 2 is 2.41 bits per heavy atom. The van der Waals surface area contributed by atoms with E-state index < -0.39 is 5.97 Å². The summed E-state index contributed by atoms with van der Waals surface area (Å²) in [5.74, 6) is -0.145. The number of thiophene rings is 1. The van der Waals surface area contributed by atoms with Crippen LogP contribution in [0.1, 0.15) is 17.3 Å². The van der Waals surface area contributed by atoms with Crippen molar-refractivity contribution in [2.75, 3.05) is 12.3 Å². The van der Waals surface area contributed by atoms with Gasteiger partial charge < -0.3 is 15.5 Å². The summed E-state index contributed by atoms with van der Waals surface area (Å²) in [5.41, 5.74) is 6.76. The second-order valence-corrected chi connectivity index (χ2v) is 4.63. The Labute approximate surface area is 107 Å². The van der Waals surface area contributed by atoms with Crippen molar-refractivity contribution in [2.24, 2.45) is 0 Å². The average molecular weight is 271 g/mol. The van der Waals surface area contributed by atoms with Crippen molar-refractivity contribution in [1.82, 2.24) is 4.98 Å². The zero-order chi connectivity index (χ0) is 12.4. The van der Waals surface area contributed by atoms with Gasteiger partial charge in [0.25, 0.3) is 0 Å². The number of hydrogen-bond donors (Lipinski definition) is 2. The van der Waals surface area contributed by atoms with E-state index in [1.165, 1.54) is 11.3 Å². The molecule has 0 aromatic carbocycles. The lowest BCUT2D eigenvalue weighted by Gasteiger charge is -2.03. The lowest BCUT2D eigenvalue weighted by atomic mass is 10.1. The third-order valence-corrected chi connectivity index (χ3v) is 3.63. The molecule has 0 spiro atoms. The van der Waals surface area contributed by atoms with E-state index in [9.17, 15) is 4.79 Å². The molecule has 3 N–H and O–H groups in total. The zero-order valence-corrected chi connectivity index (χ0v) is 10.7. The van der Waals surface area contributed by atoms with Gasteiger partial charge >= 0.3 is 5.97 Å². The highest BCUT2D eigenvalue weighted by molar-refractivity contribution is 7.14. The third-order valence-electron chi connectivity index (χ3n) is 2.25. The molecule has 0 fully saturated rings.